The highest BCUT2D eigenvalue weighted by molar-refractivity contribution is 7.85. The lowest BCUT2D eigenvalue weighted by molar-refractivity contribution is 0.110. The summed E-state index contributed by atoms with van der Waals surface area (Å²) < 4.78 is 37.8. The van der Waals surface area contributed by atoms with Crippen molar-refractivity contribution in [1.29, 1.82) is 0 Å². The van der Waals surface area contributed by atoms with Gasteiger partial charge in [-0.15, -0.1) is 0 Å². The average molecular weight is 323 g/mol. The van der Waals surface area contributed by atoms with E-state index in [-0.39, 0.29) is 16.7 Å². The molecular weight excluding hydrogens is 306 g/mol. The predicted octanol–water partition coefficient (Wildman–Crippen LogP) is 2.50. The summed E-state index contributed by atoms with van der Waals surface area (Å²) in [4.78, 5) is 10.5. The van der Waals surface area contributed by atoms with E-state index in [0.717, 1.165) is 0 Å². The molecule has 0 bridgehead atoms. The van der Waals surface area contributed by atoms with Crippen LogP contribution in [0.25, 0.3) is 11.3 Å². The molecule has 0 aliphatic rings. The molecule has 118 valence electrons. The first-order chi connectivity index (χ1) is 10.3. The average Bonchev–Trinajstić information content (AvgIpc) is 2.92. The Hall–Kier alpha value is -1.96. The van der Waals surface area contributed by atoms with E-state index in [1.54, 1.807) is 18.2 Å². The minimum absolute atomic E-state index is 0.147. The van der Waals surface area contributed by atoms with Gasteiger partial charge in [0.15, 0.2) is 12.0 Å². The van der Waals surface area contributed by atoms with Crippen molar-refractivity contribution in [2.45, 2.75) is 31.3 Å². The topological polar surface area (TPSA) is 96.6 Å². The van der Waals surface area contributed by atoms with Crippen LogP contribution in [0.5, 0.6) is 0 Å². The van der Waals surface area contributed by atoms with E-state index in [0.29, 0.717) is 29.7 Å². The normalized spacial score (nSPS) is 11.8. The van der Waals surface area contributed by atoms with Gasteiger partial charge in [0.1, 0.15) is 5.76 Å². The summed E-state index contributed by atoms with van der Waals surface area (Å²) >= 11 is 0. The molecule has 1 aromatic heterocycles. The Morgan fingerprint density at radius 3 is 2.55 bits per heavy atom. The summed E-state index contributed by atoms with van der Waals surface area (Å²) in [6, 6.07) is 7.85. The lowest BCUT2D eigenvalue weighted by atomic mass is 10.1. The van der Waals surface area contributed by atoms with Gasteiger partial charge in [0, 0.05) is 18.2 Å². The standard InChI is InChI=1S/C15H17NO5S/c1-10(2)16-8-12-4-3-11(7-15(12)22(18,19)20)14-6-5-13(9-17)21-14/h3-7,9-10,16H,8H2,1-2H3,(H,18,19,20). The molecule has 0 aliphatic carbocycles. The number of carbonyl (C=O) groups is 1. The second-order valence-electron chi connectivity index (χ2n) is 5.15. The Morgan fingerprint density at radius 1 is 1.27 bits per heavy atom. The third-order valence-electron chi connectivity index (χ3n) is 3.07. The highest BCUT2D eigenvalue weighted by Gasteiger charge is 2.18. The van der Waals surface area contributed by atoms with Crippen molar-refractivity contribution in [2.75, 3.05) is 0 Å². The van der Waals surface area contributed by atoms with Gasteiger partial charge in [-0.05, 0) is 23.8 Å². The molecule has 0 spiro atoms. The molecule has 7 heteroatoms. The molecule has 0 atom stereocenters. The minimum atomic E-state index is -4.36. The van der Waals surface area contributed by atoms with Crippen LogP contribution < -0.4 is 5.32 Å². The maximum absolute atomic E-state index is 11.6. The number of hydrogen-bond donors (Lipinski definition) is 2. The van der Waals surface area contributed by atoms with E-state index in [2.05, 4.69) is 5.32 Å². The van der Waals surface area contributed by atoms with E-state index in [9.17, 15) is 17.8 Å². The van der Waals surface area contributed by atoms with Crippen LogP contribution in [0.3, 0.4) is 0 Å². The summed E-state index contributed by atoms with van der Waals surface area (Å²) in [5, 5.41) is 3.10. The molecule has 1 aromatic carbocycles. The molecule has 2 N–H and O–H groups in total. The zero-order valence-electron chi connectivity index (χ0n) is 12.2. The monoisotopic (exact) mass is 323 g/mol. The van der Waals surface area contributed by atoms with Gasteiger partial charge in [-0.2, -0.15) is 8.42 Å². The molecule has 2 rings (SSSR count). The van der Waals surface area contributed by atoms with E-state index in [4.69, 9.17) is 4.42 Å². The lowest BCUT2D eigenvalue weighted by Gasteiger charge is -2.12. The summed E-state index contributed by atoms with van der Waals surface area (Å²) in [6.07, 6.45) is 0.564. The van der Waals surface area contributed by atoms with Crippen molar-refractivity contribution >= 4 is 16.4 Å². The molecule has 0 aliphatic heterocycles. The van der Waals surface area contributed by atoms with Crippen LogP contribution >= 0.6 is 0 Å². The second-order valence-corrected chi connectivity index (χ2v) is 6.54. The van der Waals surface area contributed by atoms with Crippen LogP contribution in [-0.4, -0.2) is 25.3 Å². The fourth-order valence-electron chi connectivity index (χ4n) is 1.98. The van der Waals surface area contributed by atoms with Gasteiger partial charge >= 0.3 is 0 Å². The molecule has 1 heterocycles. The number of carbonyl (C=O) groups excluding carboxylic acids is 1. The van der Waals surface area contributed by atoms with E-state index >= 15 is 0 Å². The van der Waals surface area contributed by atoms with Crippen LogP contribution in [0.2, 0.25) is 0 Å². The molecule has 0 saturated heterocycles. The Balaban J connectivity index is 2.45. The molecule has 0 radical (unpaired) electrons. The molecule has 2 aromatic rings. The van der Waals surface area contributed by atoms with Crippen molar-refractivity contribution in [1.82, 2.24) is 5.32 Å². The maximum Gasteiger partial charge on any atom is 0.294 e. The molecule has 0 unspecified atom stereocenters. The van der Waals surface area contributed by atoms with Gasteiger partial charge in [-0.25, -0.2) is 0 Å². The molecule has 22 heavy (non-hydrogen) atoms. The smallest absolute Gasteiger partial charge is 0.294 e. The highest BCUT2D eigenvalue weighted by Crippen LogP contribution is 2.26. The van der Waals surface area contributed by atoms with Crippen molar-refractivity contribution in [3.8, 4) is 11.3 Å². The molecule has 0 saturated carbocycles. The van der Waals surface area contributed by atoms with Gasteiger partial charge < -0.3 is 9.73 Å². The third-order valence-corrected chi connectivity index (χ3v) is 4.01. The molecular formula is C15H17NO5S. The zero-order valence-corrected chi connectivity index (χ0v) is 13.1. The lowest BCUT2D eigenvalue weighted by Crippen LogP contribution is -2.23. The van der Waals surface area contributed by atoms with Gasteiger partial charge in [0.05, 0.1) is 4.90 Å². The first kappa shape index (κ1) is 16.4. The summed E-state index contributed by atoms with van der Waals surface area (Å²) in [6.45, 7) is 4.18. The van der Waals surface area contributed by atoms with Crippen LogP contribution in [0.1, 0.15) is 30.0 Å². The van der Waals surface area contributed by atoms with Crippen LogP contribution in [0.4, 0.5) is 0 Å². The van der Waals surface area contributed by atoms with Crippen molar-refractivity contribution in [3.05, 3.63) is 41.7 Å². The third kappa shape index (κ3) is 3.82. The summed E-state index contributed by atoms with van der Waals surface area (Å²) in [5.41, 5.74) is 0.927. The Morgan fingerprint density at radius 2 is 2.00 bits per heavy atom. The van der Waals surface area contributed by atoms with Crippen molar-refractivity contribution in [2.24, 2.45) is 0 Å². The first-order valence-corrected chi connectivity index (χ1v) is 8.14. The van der Waals surface area contributed by atoms with Crippen LogP contribution in [0, 0.1) is 0 Å². The van der Waals surface area contributed by atoms with Crippen LogP contribution in [0.15, 0.2) is 39.6 Å². The fourth-order valence-corrected chi connectivity index (χ4v) is 2.73. The maximum atomic E-state index is 11.6. The zero-order chi connectivity index (χ0) is 16.3. The second kappa shape index (κ2) is 6.43. The quantitative estimate of drug-likeness (QED) is 0.626. The highest BCUT2D eigenvalue weighted by atomic mass is 32.2. The minimum Gasteiger partial charge on any atom is -0.453 e. The number of furan rings is 1. The number of benzene rings is 1. The Kier molecular flexibility index (Phi) is 4.80. The number of rotatable bonds is 6. The Bertz CT molecular complexity index is 777. The number of nitrogens with one attached hydrogen (secondary N) is 1. The SMILES string of the molecule is CC(C)NCc1ccc(-c2ccc(C=O)o2)cc1S(=O)(=O)O. The molecule has 0 fully saturated rings. The summed E-state index contributed by atoms with van der Waals surface area (Å²) in [7, 11) is -4.36. The predicted molar refractivity (Wildman–Crippen MR) is 81.3 cm³/mol. The Labute approximate surface area is 128 Å². The van der Waals surface area contributed by atoms with Crippen molar-refractivity contribution in [3.63, 3.8) is 0 Å². The van der Waals surface area contributed by atoms with Gasteiger partial charge in [-0.1, -0.05) is 26.0 Å². The molecule has 6 nitrogen and oxygen atoms in total. The number of hydrogen-bond acceptors (Lipinski definition) is 5. The number of aldehydes is 1. The van der Waals surface area contributed by atoms with Gasteiger partial charge in [0.25, 0.3) is 10.1 Å². The van der Waals surface area contributed by atoms with Gasteiger partial charge in [-0.3, -0.25) is 9.35 Å². The fraction of sp³-hybridized carbons (Fsp3) is 0.267. The van der Waals surface area contributed by atoms with E-state index in [1.807, 2.05) is 13.8 Å². The molecule has 0 amide bonds. The van der Waals surface area contributed by atoms with E-state index in [1.165, 1.54) is 12.1 Å². The van der Waals surface area contributed by atoms with Gasteiger partial charge in [0.2, 0.25) is 0 Å². The largest absolute Gasteiger partial charge is 0.453 e. The van der Waals surface area contributed by atoms with E-state index < -0.39 is 10.1 Å². The van der Waals surface area contributed by atoms with Crippen molar-refractivity contribution < 1.29 is 22.2 Å². The summed E-state index contributed by atoms with van der Waals surface area (Å²) in [5.74, 6) is 0.504. The first-order valence-electron chi connectivity index (χ1n) is 6.70. The van der Waals surface area contributed by atoms with Crippen LogP contribution in [-0.2, 0) is 16.7 Å².